The van der Waals surface area contributed by atoms with Gasteiger partial charge in [0.05, 0.1) is 19.4 Å². The second-order valence-corrected chi connectivity index (χ2v) is 6.55. The molecule has 130 valence electrons. The van der Waals surface area contributed by atoms with E-state index in [0.29, 0.717) is 6.54 Å². The number of hydrogen-bond acceptors (Lipinski definition) is 5. The molecule has 2 heterocycles. The predicted octanol–water partition coefficient (Wildman–Crippen LogP) is 1.25. The van der Waals surface area contributed by atoms with Gasteiger partial charge in [-0.3, -0.25) is 4.68 Å². The maximum absolute atomic E-state index is 10.6. The summed E-state index contributed by atoms with van der Waals surface area (Å²) in [5.41, 5.74) is 2.33. The molecule has 0 amide bonds. The third-order valence-corrected chi connectivity index (χ3v) is 4.44. The smallest absolute Gasteiger partial charge is 0.102 e. The summed E-state index contributed by atoms with van der Waals surface area (Å²) in [7, 11) is 1.85. The van der Waals surface area contributed by atoms with E-state index in [2.05, 4.69) is 39.6 Å². The van der Waals surface area contributed by atoms with Crippen molar-refractivity contribution in [3.63, 3.8) is 0 Å². The Balaban J connectivity index is 1.51. The molecule has 1 saturated heterocycles. The van der Waals surface area contributed by atoms with Crippen LogP contribution < -0.4 is 10.2 Å². The molecule has 1 unspecified atom stereocenters. The number of anilines is 1. The number of hydrogen-bond donors (Lipinski definition) is 2. The Kier molecular flexibility index (Phi) is 5.18. The first-order chi connectivity index (χ1) is 11.5. The molecule has 0 radical (unpaired) electrons. The number of nitrogens with one attached hydrogen (secondary N) is 1. The van der Waals surface area contributed by atoms with Gasteiger partial charge in [0.15, 0.2) is 0 Å². The lowest BCUT2D eigenvalue weighted by atomic mass is 9.99. The topological polar surface area (TPSA) is 62.5 Å². The predicted molar refractivity (Wildman–Crippen MR) is 94.0 cm³/mol. The highest BCUT2D eigenvalue weighted by Gasteiger charge is 2.24. The minimum absolute atomic E-state index is 0.476. The fraction of sp³-hybridized carbons (Fsp3) is 0.500. The van der Waals surface area contributed by atoms with Gasteiger partial charge in [-0.2, -0.15) is 5.10 Å². The van der Waals surface area contributed by atoms with Crippen LogP contribution in [0.2, 0.25) is 0 Å². The van der Waals surface area contributed by atoms with E-state index in [0.717, 1.165) is 38.4 Å². The molecule has 1 aliphatic rings. The molecule has 1 aliphatic heterocycles. The van der Waals surface area contributed by atoms with Crippen LogP contribution in [0.4, 0.5) is 5.69 Å². The summed E-state index contributed by atoms with van der Waals surface area (Å²) in [6.07, 6.45) is 3.55. The lowest BCUT2D eigenvalue weighted by molar-refractivity contribution is 0.0566. The third kappa shape index (κ3) is 4.14. The van der Waals surface area contributed by atoms with Gasteiger partial charge in [0.25, 0.3) is 0 Å². The van der Waals surface area contributed by atoms with Crippen molar-refractivity contribution in [2.75, 3.05) is 37.7 Å². The molecule has 6 heteroatoms. The summed E-state index contributed by atoms with van der Waals surface area (Å²) >= 11 is 0. The van der Waals surface area contributed by atoms with Gasteiger partial charge in [-0.25, -0.2) is 0 Å². The SMILES string of the molecule is Cn1cc(C(C)(O)CNCc2ccc(N3CCOCC3)cc2)cn1. The maximum atomic E-state index is 10.6. The number of morpholine rings is 1. The van der Waals surface area contributed by atoms with Gasteiger partial charge in [-0.15, -0.1) is 0 Å². The van der Waals surface area contributed by atoms with Gasteiger partial charge >= 0.3 is 0 Å². The van der Waals surface area contributed by atoms with Gasteiger partial charge in [0.1, 0.15) is 5.60 Å². The Morgan fingerprint density at radius 3 is 2.58 bits per heavy atom. The number of benzene rings is 1. The molecule has 1 atom stereocenters. The van der Waals surface area contributed by atoms with Gasteiger partial charge < -0.3 is 20.1 Å². The fourth-order valence-electron chi connectivity index (χ4n) is 2.90. The minimum atomic E-state index is -0.929. The Labute approximate surface area is 143 Å². The molecule has 24 heavy (non-hydrogen) atoms. The second kappa shape index (κ2) is 7.34. The van der Waals surface area contributed by atoms with E-state index < -0.39 is 5.60 Å². The molecule has 3 rings (SSSR count). The second-order valence-electron chi connectivity index (χ2n) is 6.55. The van der Waals surface area contributed by atoms with E-state index >= 15 is 0 Å². The number of ether oxygens (including phenoxy) is 1. The molecule has 1 fully saturated rings. The van der Waals surface area contributed by atoms with Gasteiger partial charge in [0.2, 0.25) is 0 Å². The van der Waals surface area contributed by atoms with E-state index in [1.165, 1.54) is 11.3 Å². The van der Waals surface area contributed by atoms with Crippen LogP contribution in [-0.4, -0.2) is 47.7 Å². The largest absolute Gasteiger partial charge is 0.384 e. The summed E-state index contributed by atoms with van der Waals surface area (Å²) in [6.45, 7) is 6.50. The van der Waals surface area contributed by atoms with Gasteiger partial charge in [-0.1, -0.05) is 12.1 Å². The fourth-order valence-corrected chi connectivity index (χ4v) is 2.90. The molecule has 6 nitrogen and oxygen atoms in total. The first-order valence-corrected chi connectivity index (χ1v) is 8.38. The van der Waals surface area contributed by atoms with Crippen LogP contribution in [-0.2, 0) is 23.9 Å². The van der Waals surface area contributed by atoms with Crippen molar-refractivity contribution in [1.82, 2.24) is 15.1 Å². The Hall–Kier alpha value is -1.89. The molecule has 0 bridgehead atoms. The first kappa shape index (κ1) is 17.0. The van der Waals surface area contributed by atoms with Crippen LogP contribution in [0.15, 0.2) is 36.7 Å². The number of rotatable bonds is 6. The van der Waals surface area contributed by atoms with Crippen LogP contribution in [0.5, 0.6) is 0 Å². The van der Waals surface area contributed by atoms with Crippen molar-refractivity contribution in [1.29, 1.82) is 0 Å². The van der Waals surface area contributed by atoms with Gasteiger partial charge in [-0.05, 0) is 24.6 Å². The zero-order valence-corrected chi connectivity index (χ0v) is 14.4. The molecule has 1 aromatic carbocycles. The zero-order chi connectivity index (χ0) is 17.0. The van der Waals surface area contributed by atoms with Crippen LogP contribution in [0.25, 0.3) is 0 Å². The number of aromatic nitrogens is 2. The quantitative estimate of drug-likeness (QED) is 0.835. The molecule has 0 aliphatic carbocycles. The Morgan fingerprint density at radius 1 is 1.25 bits per heavy atom. The average Bonchev–Trinajstić information content (AvgIpc) is 3.04. The Bertz CT molecular complexity index is 645. The van der Waals surface area contributed by atoms with Crippen molar-refractivity contribution >= 4 is 5.69 Å². The molecule has 0 spiro atoms. The average molecular weight is 330 g/mol. The number of aliphatic hydroxyl groups is 1. The van der Waals surface area contributed by atoms with Crippen molar-refractivity contribution < 1.29 is 9.84 Å². The highest BCUT2D eigenvalue weighted by molar-refractivity contribution is 5.47. The molecule has 2 aromatic rings. The van der Waals surface area contributed by atoms with E-state index in [1.54, 1.807) is 17.8 Å². The van der Waals surface area contributed by atoms with Gasteiger partial charge in [0, 0.05) is 50.7 Å². The lowest BCUT2D eigenvalue weighted by Gasteiger charge is -2.29. The molecule has 1 aromatic heterocycles. The minimum Gasteiger partial charge on any atom is -0.384 e. The molecular weight excluding hydrogens is 304 g/mol. The summed E-state index contributed by atoms with van der Waals surface area (Å²) in [5, 5.41) is 18.0. The van der Waals surface area contributed by atoms with E-state index in [1.807, 2.05) is 13.2 Å². The van der Waals surface area contributed by atoms with Crippen LogP contribution >= 0.6 is 0 Å². The zero-order valence-electron chi connectivity index (χ0n) is 14.4. The van der Waals surface area contributed by atoms with Crippen molar-refractivity contribution in [2.24, 2.45) is 7.05 Å². The molecule has 2 N–H and O–H groups in total. The van der Waals surface area contributed by atoms with Crippen molar-refractivity contribution in [2.45, 2.75) is 19.1 Å². The summed E-state index contributed by atoms with van der Waals surface area (Å²) in [6, 6.07) is 8.58. The highest BCUT2D eigenvalue weighted by Crippen LogP contribution is 2.19. The molecular formula is C18H26N4O2. The van der Waals surface area contributed by atoms with Crippen LogP contribution in [0, 0.1) is 0 Å². The summed E-state index contributed by atoms with van der Waals surface area (Å²) in [5.74, 6) is 0. The Morgan fingerprint density at radius 2 is 1.96 bits per heavy atom. The van der Waals surface area contributed by atoms with Crippen molar-refractivity contribution in [3.05, 3.63) is 47.8 Å². The lowest BCUT2D eigenvalue weighted by Crippen LogP contribution is -2.36. The normalized spacial score (nSPS) is 17.7. The van der Waals surface area contributed by atoms with Crippen LogP contribution in [0.1, 0.15) is 18.1 Å². The monoisotopic (exact) mass is 330 g/mol. The van der Waals surface area contributed by atoms with E-state index in [-0.39, 0.29) is 0 Å². The summed E-state index contributed by atoms with van der Waals surface area (Å²) in [4.78, 5) is 2.34. The number of nitrogens with zero attached hydrogens (tertiary/aromatic N) is 3. The number of aryl methyl sites for hydroxylation is 1. The summed E-state index contributed by atoms with van der Waals surface area (Å²) < 4.78 is 7.09. The van der Waals surface area contributed by atoms with E-state index in [4.69, 9.17) is 4.74 Å². The van der Waals surface area contributed by atoms with Crippen molar-refractivity contribution in [3.8, 4) is 0 Å². The first-order valence-electron chi connectivity index (χ1n) is 8.38. The third-order valence-electron chi connectivity index (χ3n) is 4.44. The standard InChI is InChI=1S/C18H26N4O2/c1-18(23,16-12-20-21(2)13-16)14-19-11-15-3-5-17(6-4-15)22-7-9-24-10-8-22/h3-6,12-13,19,23H,7-11,14H2,1-2H3. The molecule has 0 saturated carbocycles. The highest BCUT2D eigenvalue weighted by atomic mass is 16.5. The van der Waals surface area contributed by atoms with Crippen LogP contribution in [0.3, 0.4) is 0 Å². The van der Waals surface area contributed by atoms with E-state index in [9.17, 15) is 5.11 Å². The maximum Gasteiger partial charge on any atom is 0.102 e.